The van der Waals surface area contributed by atoms with Crippen molar-refractivity contribution in [1.82, 2.24) is 0 Å². The second-order valence-corrected chi connectivity index (χ2v) is 16.4. The van der Waals surface area contributed by atoms with Crippen LogP contribution < -0.4 is 31.4 Å². The summed E-state index contributed by atoms with van der Waals surface area (Å²) in [7, 11) is 0. The third kappa shape index (κ3) is 6.68. The van der Waals surface area contributed by atoms with Gasteiger partial charge < -0.3 is 24.8 Å². The molecule has 6 aromatic carbocycles. The normalized spacial score (nSPS) is 11.8. The first kappa shape index (κ1) is 35.6. The molecular formula is C46H42Cl2Zr. The summed E-state index contributed by atoms with van der Waals surface area (Å²) in [5, 5.41) is 0. The van der Waals surface area contributed by atoms with E-state index in [2.05, 4.69) is 135 Å². The number of aryl methyl sites for hydroxylation is 2. The van der Waals surface area contributed by atoms with Gasteiger partial charge >= 0.3 is 294 Å². The van der Waals surface area contributed by atoms with Gasteiger partial charge in [-0.2, -0.15) is 0 Å². The molecule has 0 saturated heterocycles. The number of rotatable bonds is 10. The first-order valence-electron chi connectivity index (χ1n) is 17.7. The Morgan fingerprint density at radius 3 is 1.27 bits per heavy atom. The van der Waals surface area contributed by atoms with Gasteiger partial charge in [-0.3, -0.25) is 0 Å². The zero-order valence-electron chi connectivity index (χ0n) is 28.5. The molecule has 0 radical (unpaired) electrons. The molecule has 0 atom stereocenters. The van der Waals surface area contributed by atoms with Crippen LogP contribution in [-0.2, 0) is 48.9 Å². The van der Waals surface area contributed by atoms with Crippen LogP contribution in [0.2, 0.25) is 0 Å². The van der Waals surface area contributed by atoms with Gasteiger partial charge in [0.15, 0.2) is 0 Å². The number of hydrogen-bond acceptors (Lipinski definition) is 0. The van der Waals surface area contributed by atoms with Gasteiger partial charge in [0.2, 0.25) is 0 Å². The van der Waals surface area contributed by atoms with Crippen molar-refractivity contribution in [3.05, 3.63) is 155 Å². The van der Waals surface area contributed by atoms with Gasteiger partial charge in [0.25, 0.3) is 0 Å². The fourth-order valence-electron chi connectivity index (χ4n) is 8.04. The Kier molecular flexibility index (Phi) is 11.5. The van der Waals surface area contributed by atoms with Gasteiger partial charge in [-0.25, -0.2) is 0 Å². The van der Waals surface area contributed by atoms with Crippen molar-refractivity contribution in [1.29, 1.82) is 0 Å². The SMILES string of the molecule is CCCCc1cc(-c2ccccc2)c2c([c]1[Zr+2][c]1c(CCCC)cc(-c3ccccc3)c3c1Cc1ccccc1-3)Cc1ccccc1-2.[Cl-].[Cl-]. The molecular weight excluding hydrogens is 715 g/mol. The molecule has 6 aromatic rings. The summed E-state index contributed by atoms with van der Waals surface area (Å²) in [6, 6.07) is 46.1. The minimum absolute atomic E-state index is 0. The van der Waals surface area contributed by atoms with E-state index in [1.165, 1.54) is 94.2 Å². The molecule has 0 aromatic heterocycles. The second kappa shape index (κ2) is 15.8. The molecule has 0 nitrogen and oxygen atoms in total. The van der Waals surface area contributed by atoms with E-state index in [9.17, 15) is 0 Å². The summed E-state index contributed by atoms with van der Waals surface area (Å²) in [6.45, 7) is 4.69. The molecule has 0 N–H and O–H groups in total. The quantitative estimate of drug-likeness (QED) is 0.187. The van der Waals surface area contributed by atoms with Crippen LogP contribution in [0.3, 0.4) is 0 Å². The molecule has 49 heavy (non-hydrogen) atoms. The maximum absolute atomic E-state index is 2.63. The maximum atomic E-state index is 2.63. The number of hydrogen-bond donors (Lipinski definition) is 0. The van der Waals surface area contributed by atoms with E-state index < -0.39 is 23.2 Å². The van der Waals surface area contributed by atoms with E-state index in [0.29, 0.717) is 0 Å². The van der Waals surface area contributed by atoms with Crippen molar-refractivity contribution in [3.63, 3.8) is 0 Å². The molecule has 2 aliphatic rings. The molecule has 0 saturated carbocycles. The van der Waals surface area contributed by atoms with E-state index in [1.54, 1.807) is 28.8 Å². The smallest absolute Gasteiger partial charge is 1.00 e. The minimum atomic E-state index is -1.22. The Morgan fingerprint density at radius 2 is 0.857 bits per heavy atom. The van der Waals surface area contributed by atoms with Crippen molar-refractivity contribution < 1.29 is 48.0 Å². The minimum Gasteiger partial charge on any atom is -1.00 e. The topological polar surface area (TPSA) is 0 Å². The Balaban J connectivity index is 0.00000208. The molecule has 0 spiro atoms. The summed E-state index contributed by atoms with van der Waals surface area (Å²) in [4.78, 5) is 0. The van der Waals surface area contributed by atoms with Gasteiger partial charge in [-0.05, 0) is 0 Å². The summed E-state index contributed by atoms with van der Waals surface area (Å²) >= 11 is -1.22. The molecule has 244 valence electrons. The van der Waals surface area contributed by atoms with Gasteiger partial charge in [0, 0.05) is 0 Å². The number of benzene rings is 6. The van der Waals surface area contributed by atoms with Crippen molar-refractivity contribution >= 4 is 6.54 Å². The zero-order chi connectivity index (χ0) is 31.7. The molecule has 2 aliphatic carbocycles. The predicted octanol–water partition coefficient (Wildman–Crippen LogP) is 4.89. The van der Waals surface area contributed by atoms with Crippen LogP contribution in [0.4, 0.5) is 0 Å². The Hall–Kier alpha value is -3.22. The van der Waals surface area contributed by atoms with Gasteiger partial charge in [0.05, 0.1) is 0 Å². The number of halogens is 2. The number of unbranched alkanes of at least 4 members (excludes halogenated alkanes) is 2. The molecule has 8 rings (SSSR count). The van der Waals surface area contributed by atoms with Gasteiger partial charge in [-0.1, -0.05) is 0 Å². The van der Waals surface area contributed by atoms with Crippen LogP contribution in [0.5, 0.6) is 0 Å². The monoisotopic (exact) mass is 754 g/mol. The fourth-order valence-corrected chi connectivity index (χ4v) is 12.2. The zero-order valence-corrected chi connectivity index (χ0v) is 32.4. The van der Waals surface area contributed by atoms with Crippen LogP contribution in [0.25, 0.3) is 44.5 Å². The molecule has 0 aliphatic heterocycles. The molecule has 3 heteroatoms. The van der Waals surface area contributed by atoms with Gasteiger partial charge in [-0.15, -0.1) is 0 Å². The first-order chi connectivity index (χ1) is 23.2. The summed E-state index contributed by atoms with van der Waals surface area (Å²) in [5.41, 5.74) is 21.0. The van der Waals surface area contributed by atoms with E-state index in [1.807, 2.05) is 0 Å². The molecule has 0 bridgehead atoms. The molecule has 0 unspecified atom stereocenters. The Bertz CT molecular complexity index is 1930. The van der Waals surface area contributed by atoms with Crippen molar-refractivity contribution in [2.45, 2.75) is 65.2 Å². The molecule has 0 fully saturated rings. The van der Waals surface area contributed by atoms with Crippen LogP contribution in [0.1, 0.15) is 72.9 Å². The van der Waals surface area contributed by atoms with E-state index >= 15 is 0 Å². The molecule has 0 heterocycles. The fraction of sp³-hybridized carbons (Fsp3) is 0.217. The van der Waals surface area contributed by atoms with Crippen LogP contribution >= 0.6 is 0 Å². The third-order valence-corrected chi connectivity index (χ3v) is 14.6. The average Bonchev–Trinajstić information content (AvgIpc) is 3.71. The van der Waals surface area contributed by atoms with E-state index in [-0.39, 0.29) is 24.8 Å². The van der Waals surface area contributed by atoms with Crippen molar-refractivity contribution in [2.75, 3.05) is 0 Å². The Morgan fingerprint density at radius 1 is 0.469 bits per heavy atom. The number of fused-ring (bicyclic) bond motifs is 6. The maximum Gasteiger partial charge on any atom is -1.00 e. The third-order valence-electron chi connectivity index (χ3n) is 10.4. The van der Waals surface area contributed by atoms with E-state index in [4.69, 9.17) is 0 Å². The van der Waals surface area contributed by atoms with Crippen LogP contribution in [0, 0.1) is 0 Å². The van der Waals surface area contributed by atoms with Crippen molar-refractivity contribution in [2.24, 2.45) is 0 Å². The Labute approximate surface area is 316 Å². The van der Waals surface area contributed by atoms with Gasteiger partial charge in [0.1, 0.15) is 0 Å². The van der Waals surface area contributed by atoms with E-state index in [0.717, 1.165) is 12.8 Å². The average molecular weight is 757 g/mol. The summed E-state index contributed by atoms with van der Waals surface area (Å²) in [6.07, 6.45) is 9.40. The first-order valence-corrected chi connectivity index (χ1v) is 20.1. The largest absolute Gasteiger partial charge is 1.00 e. The summed E-state index contributed by atoms with van der Waals surface area (Å²) < 4.78 is 3.52. The summed E-state index contributed by atoms with van der Waals surface area (Å²) in [5.74, 6) is 0. The standard InChI is InChI=1S/2C23H21.2ClH.Zr/c2*1-2-3-9-17-14-20-16-19-12-7-8-13-21(19)23(20)22(15-17)18-10-5-4-6-11-18;;;/h2*4-8,10-13,15H,2-3,9,16H2,1H3;2*1H;/q;;;;+2/p-2. The van der Waals surface area contributed by atoms with Crippen LogP contribution in [0.15, 0.2) is 121 Å². The van der Waals surface area contributed by atoms with Crippen LogP contribution in [-0.4, -0.2) is 0 Å². The second-order valence-electron chi connectivity index (χ2n) is 13.4. The molecule has 0 amide bonds. The van der Waals surface area contributed by atoms with Crippen molar-refractivity contribution in [3.8, 4) is 44.5 Å². The predicted molar refractivity (Wildman–Crippen MR) is 197 cm³/mol.